The molecular formula is C39H41Cl2N5O4S. The van der Waals surface area contributed by atoms with Gasteiger partial charge in [0.15, 0.2) is 9.84 Å². The molecule has 51 heavy (non-hydrogen) atoms. The summed E-state index contributed by atoms with van der Waals surface area (Å²) in [5, 5.41) is 7.18. The first-order valence-corrected chi connectivity index (χ1v) is 19.6. The van der Waals surface area contributed by atoms with E-state index in [4.69, 9.17) is 33.0 Å². The van der Waals surface area contributed by atoms with E-state index in [9.17, 15) is 8.42 Å². The molecule has 0 spiro atoms. The Balaban J connectivity index is 1.37. The largest absolute Gasteiger partial charge is 0.494 e. The van der Waals surface area contributed by atoms with E-state index >= 15 is 4.79 Å². The molecule has 3 aromatic carbocycles. The molecular weight excluding hydrogens is 705 g/mol. The molecule has 3 aromatic heterocycles. The lowest BCUT2D eigenvalue weighted by Crippen LogP contribution is -2.47. The molecule has 0 fully saturated rings. The normalized spacial score (nSPS) is 16.4. The molecule has 1 aliphatic heterocycles. The van der Waals surface area contributed by atoms with E-state index in [2.05, 4.69) is 23.6 Å². The highest BCUT2D eigenvalue weighted by atomic mass is 35.5. The van der Waals surface area contributed by atoms with E-state index in [-0.39, 0.29) is 16.8 Å². The number of aryl methyl sites for hydroxylation is 6. The van der Waals surface area contributed by atoms with E-state index in [1.165, 1.54) is 6.26 Å². The van der Waals surface area contributed by atoms with E-state index in [0.717, 1.165) is 66.3 Å². The van der Waals surface area contributed by atoms with E-state index in [1.54, 1.807) is 23.1 Å². The first-order valence-electron chi connectivity index (χ1n) is 16.9. The molecule has 7 rings (SSSR count). The van der Waals surface area contributed by atoms with Crippen LogP contribution in [-0.4, -0.2) is 51.6 Å². The van der Waals surface area contributed by atoms with Crippen molar-refractivity contribution in [3.63, 3.8) is 0 Å². The minimum atomic E-state index is -3.43. The number of anilines is 1. The lowest BCUT2D eigenvalue weighted by molar-refractivity contribution is 0.0951. The molecule has 0 aliphatic carbocycles. The third-order valence-corrected chi connectivity index (χ3v) is 12.5. The first-order chi connectivity index (χ1) is 24.1. The van der Waals surface area contributed by atoms with Crippen molar-refractivity contribution in [3.8, 4) is 16.9 Å². The number of carbonyl (C=O) groups is 1. The molecule has 0 N–H and O–H groups in total. The fourth-order valence-corrected chi connectivity index (χ4v) is 8.75. The van der Waals surface area contributed by atoms with Gasteiger partial charge in [-0.25, -0.2) is 8.42 Å². The fourth-order valence-electron chi connectivity index (χ4n) is 7.69. The highest BCUT2D eigenvalue weighted by molar-refractivity contribution is 7.90. The molecule has 0 radical (unpaired) electrons. The summed E-state index contributed by atoms with van der Waals surface area (Å²) < 4.78 is 36.8. The van der Waals surface area contributed by atoms with Crippen LogP contribution >= 0.6 is 23.2 Å². The topological polar surface area (TPSA) is 91.4 Å². The predicted octanol–water partition coefficient (Wildman–Crippen LogP) is 8.62. The number of hydrogen-bond acceptors (Lipinski definition) is 5. The number of hydrogen-bond donors (Lipinski definition) is 0. The number of para-hydroxylation sites is 1. The number of alkyl halides is 1. The molecule has 1 amide bonds. The SMILES string of the molecule is Cc1cc(OCCCc2c3n(c4c(-c5c(C)nn(C)c5C)cccc24)C(C)[C@@H](Cl)N(c2cn(C)c4cc(S(C)(=O)=O)ccc24)C3=O)cc(C)c1Cl. The van der Waals surface area contributed by atoms with Crippen molar-refractivity contribution in [1.29, 1.82) is 0 Å². The van der Waals surface area contributed by atoms with Gasteiger partial charge < -0.3 is 13.9 Å². The van der Waals surface area contributed by atoms with Gasteiger partial charge in [0.2, 0.25) is 0 Å². The van der Waals surface area contributed by atoms with Gasteiger partial charge in [-0.1, -0.05) is 41.4 Å². The van der Waals surface area contributed by atoms with Gasteiger partial charge in [-0.2, -0.15) is 5.10 Å². The number of fused-ring (bicyclic) bond motifs is 4. The summed E-state index contributed by atoms with van der Waals surface area (Å²) in [6.45, 7) is 10.5. The summed E-state index contributed by atoms with van der Waals surface area (Å²) >= 11 is 13.7. The number of amides is 1. The second-order valence-electron chi connectivity index (χ2n) is 13.8. The molecule has 0 bridgehead atoms. The van der Waals surface area contributed by atoms with Crippen LogP contribution in [0.25, 0.3) is 32.9 Å². The van der Waals surface area contributed by atoms with Crippen molar-refractivity contribution >= 4 is 66.4 Å². The Bertz CT molecular complexity index is 2490. The summed E-state index contributed by atoms with van der Waals surface area (Å²) in [5.41, 5.74) is 8.95. The van der Waals surface area contributed by atoms with Crippen LogP contribution in [0.1, 0.15) is 58.0 Å². The Morgan fingerprint density at radius 3 is 2.33 bits per heavy atom. The number of halogens is 2. The highest BCUT2D eigenvalue weighted by Gasteiger charge is 2.42. The summed E-state index contributed by atoms with van der Waals surface area (Å²) in [4.78, 5) is 16.9. The van der Waals surface area contributed by atoms with Crippen molar-refractivity contribution in [1.82, 2.24) is 18.9 Å². The van der Waals surface area contributed by atoms with E-state index < -0.39 is 15.3 Å². The third kappa shape index (κ3) is 5.72. The minimum absolute atomic E-state index is 0.213. The lowest BCUT2D eigenvalue weighted by Gasteiger charge is -2.38. The Morgan fingerprint density at radius 2 is 1.69 bits per heavy atom. The van der Waals surface area contributed by atoms with Crippen LogP contribution in [0, 0.1) is 27.7 Å². The quantitative estimate of drug-likeness (QED) is 0.0884. The second-order valence-corrected chi connectivity index (χ2v) is 16.6. The molecule has 266 valence electrons. The standard InChI is InChI=1S/C39H41Cl2N5O4S/c1-21-17-26(18-22(2)35(21)40)50-16-10-13-29-28-11-9-12-31(34-23(3)42-44(7)24(34)4)36(28)45-25(5)38(41)46(39(47)37(29)45)33-20-43(6)32-19-27(51(8,48)49)14-15-30(32)33/h9,11-12,14-15,17-20,25,38H,10,13,16H2,1-8H3/t25?,38-/m0/s1. The van der Waals surface area contributed by atoms with Crippen molar-refractivity contribution in [3.05, 3.63) is 93.5 Å². The van der Waals surface area contributed by atoms with Crippen molar-refractivity contribution in [2.75, 3.05) is 17.8 Å². The zero-order chi connectivity index (χ0) is 36.7. The van der Waals surface area contributed by atoms with E-state index in [1.807, 2.05) is 75.4 Å². The van der Waals surface area contributed by atoms with Gasteiger partial charge in [-0.3, -0.25) is 14.4 Å². The van der Waals surface area contributed by atoms with Crippen molar-refractivity contribution < 1.29 is 17.9 Å². The number of sulfone groups is 1. The first kappa shape index (κ1) is 35.2. The van der Waals surface area contributed by atoms with Crippen LogP contribution in [0.15, 0.2) is 59.6 Å². The van der Waals surface area contributed by atoms with Gasteiger partial charge in [0.05, 0.1) is 40.0 Å². The van der Waals surface area contributed by atoms with Crippen molar-refractivity contribution in [2.45, 2.75) is 63.9 Å². The van der Waals surface area contributed by atoms with Gasteiger partial charge in [-0.15, -0.1) is 0 Å². The molecule has 0 saturated heterocycles. The number of rotatable bonds is 8. The molecule has 1 unspecified atom stereocenters. The van der Waals surface area contributed by atoms with Gasteiger partial charge in [-0.05, 0) is 94.5 Å². The summed E-state index contributed by atoms with van der Waals surface area (Å²) in [5.74, 6) is 0.549. The predicted molar refractivity (Wildman–Crippen MR) is 206 cm³/mol. The number of aromatic nitrogens is 4. The van der Waals surface area contributed by atoms with Gasteiger partial charge in [0.1, 0.15) is 16.9 Å². The summed E-state index contributed by atoms with van der Waals surface area (Å²) in [6.07, 6.45) is 4.29. The van der Waals surface area contributed by atoms with Crippen LogP contribution in [0.5, 0.6) is 5.75 Å². The Labute approximate surface area is 308 Å². The molecule has 1 aliphatic rings. The van der Waals surface area contributed by atoms with Gasteiger partial charge >= 0.3 is 0 Å². The van der Waals surface area contributed by atoms with Crippen LogP contribution < -0.4 is 9.64 Å². The zero-order valence-electron chi connectivity index (χ0n) is 30.0. The Hall–Kier alpha value is -4.25. The highest BCUT2D eigenvalue weighted by Crippen LogP contribution is 2.46. The average molecular weight is 747 g/mol. The molecule has 9 nitrogen and oxygen atoms in total. The lowest BCUT2D eigenvalue weighted by atomic mass is 9.98. The van der Waals surface area contributed by atoms with E-state index in [0.29, 0.717) is 36.3 Å². The van der Waals surface area contributed by atoms with Crippen molar-refractivity contribution in [2.24, 2.45) is 14.1 Å². The number of benzene rings is 3. The fraction of sp³-hybridized carbons (Fsp3) is 0.333. The average Bonchev–Trinajstić information content (AvgIpc) is 3.67. The molecule has 4 heterocycles. The summed E-state index contributed by atoms with van der Waals surface area (Å²) in [7, 11) is 0.354. The minimum Gasteiger partial charge on any atom is -0.494 e. The zero-order valence-corrected chi connectivity index (χ0v) is 32.3. The maximum atomic E-state index is 15.0. The second kappa shape index (κ2) is 12.8. The molecule has 0 saturated carbocycles. The van der Waals surface area contributed by atoms with Crippen LogP contribution in [0.3, 0.4) is 0 Å². The number of ether oxygens (including phenoxy) is 1. The molecule has 12 heteroatoms. The maximum absolute atomic E-state index is 15.0. The number of carbonyl (C=O) groups excluding carboxylic acids is 1. The maximum Gasteiger partial charge on any atom is 0.276 e. The van der Waals surface area contributed by atoms with Gasteiger partial charge in [0.25, 0.3) is 5.91 Å². The molecule has 6 aromatic rings. The Kier molecular flexibility index (Phi) is 8.80. The Morgan fingerprint density at radius 1 is 0.980 bits per heavy atom. The van der Waals surface area contributed by atoms with Crippen LogP contribution in [-0.2, 0) is 30.4 Å². The van der Waals surface area contributed by atoms with Gasteiger partial charge in [0, 0.05) is 59.2 Å². The monoisotopic (exact) mass is 745 g/mol. The molecule has 2 atom stereocenters. The van der Waals surface area contributed by atoms with Crippen LogP contribution in [0.4, 0.5) is 5.69 Å². The number of nitrogens with zero attached hydrogens (tertiary/aromatic N) is 5. The smallest absolute Gasteiger partial charge is 0.276 e. The van der Waals surface area contributed by atoms with Crippen LogP contribution in [0.2, 0.25) is 5.02 Å². The third-order valence-electron chi connectivity index (χ3n) is 10.3. The summed E-state index contributed by atoms with van der Waals surface area (Å²) in [6, 6.07) is 14.8.